The maximum atomic E-state index is 12.0. The zero-order valence-corrected chi connectivity index (χ0v) is 13.3. The van der Waals surface area contributed by atoms with Gasteiger partial charge in [0.1, 0.15) is 4.33 Å². The summed E-state index contributed by atoms with van der Waals surface area (Å²) in [6.45, 7) is 0.683. The molecule has 1 aliphatic carbocycles. The van der Waals surface area contributed by atoms with E-state index in [2.05, 4.69) is 5.32 Å². The molecule has 2 fully saturated rings. The lowest BCUT2D eigenvalue weighted by molar-refractivity contribution is -0.118. The lowest BCUT2D eigenvalue weighted by Gasteiger charge is -2.17. The summed E-state index contributed by atoms with van der Waals surface area (Å²) in [5.41, 5.74) is 1.20. The van der Waals surface area contributed by atoms with Crippen molar-refractivity contribution in [1.82, 2.24) is 0 Å². The monoisotopic (exact) mass is 346 g/mol. The predicted molar refractivity (Wildman–Crippen MR) is 84.2 cm³/mol. The van der Waals surface area contributed by atoms with E-state index in [1.54, 1.807) is 23.1 Å². The number of carbonyl (C=O) groups excluding carboxylic acids is 2. The van der Waals surface area contributed by atoms with Gasteiger partial charge >= 0.3 is 0 Å². The molecule has 112 valence electrons. The van der Waals surface area contributed by atoms with Crippen molar-refractivity contribution >= 4 is 58.0 Å². The van der Waals surface area contributed by atoms with E-state index in [1.165, 1.54) is 0 Å². The normalized spacial score (nSPS) is 23.3. The first-order valence-electron chi connectivity index (χ1n) is 6.67. The van der Waals surface area contributed by atoms with Crippen LogP contribution in [-0.2, 0) is 9.59 Å². The molecular weight excluding hydrogens is 335 g/mol. The van der Waals surface area contributed by atoms with Crippen LogP contribution in [0.1, 0.15) is 19.3 Å². The number of hydrogen-bond donors (Lipinski definition) is 1. The molecule has 0 radical (unpaired) electrons. The van der Waals surface area contributed by atoms with Crippen LogP contribution in [0.4, 0.5) is 11.4 Å². The van der Waals surface area contributed by atoms with Crippen molar-refractivity contribution in [3.63, 3.8) is 0 Å². The lowest BCUT2D eigenvalue weighted by atomic mass is 10.2. The predicted octanol–water partition coefficient (Wildman–Crippen LogP) is 3.60. The molecule has 1 N–H and O–H groups in total. The molecule has 1 saturated carbocycles. The van der Waals surface area contributed by atoms with Gasteiger partial charge < -0.3 is 10.2 Å². The molecule has 0 spiro atoms. The van der Waals surface area contributed by atoms with Crippen molar-refractivity contribution in [1.29, 1.82) is 0 Å². The zero-order valence-electron chi connectivity index (χ0n) is 11.0. The molecule has 1 aromatic rings. The van der Waals surface area contributed by atoms with E-state index >= 15 is 0 Å². The van der Waals surface area contributed by atoms with Gasteiger partial charge in [-0.15, -0.1) is 23.2 Å². The highest BCUT2D eigenvalue weighted by Crippen LogP contribution is 2.53. The quantitative estimate of drug-likeness (QED) is 0.849. The Bertz CT molecular complexity index is 618. The van der Waals surface area contributed by atoms with Crippen LogP contribution in [0.2, 0.25) is 5.02 Å². The topological polar surface area (TPSA) is 49.4 Å². The molecule has 7 heteroatoms. The Morgan fingerprint density at radius 2 is 2.10 bits per heavy atom. The number of nitrogens with one attached hydrogen (secondary N) is 1. The average Bonchev–Trinajstić information content (AvgIpc) is 2.85. The Labute approximate surface area is 137 Å². The molecule has 2 amide bonds. The number of rotatable bonds is 3. The smallest absolute Gasteiger partial charge is 0.230 e. The lowest BCUT2D eigenvalue weighted by Crippen LogP contribution is -2.24. The van der Waals surface area contributed by atoms with Crippen molar-refractivity contribution in [2.45, 2.75) is 23.6 Å². The highest BCUT2D eigenvalue weighted by atomic mass is 35.5. The van der Waals surface area contributed by atoms with Crippen molar-refractivity contribution in [3.05, 3.63) is 23.2 Å². The molecule has 0 bridgehead atoms. The summed E-state index contributed by atoms with van der Waals surface area (Å²) in [7, 11) is 0. The minimum Gasteiger partial charge on any atom is -0.324 e. The third kappa shape index (κ3) is 2.98. The summed E-state index contributed by atoms with van der Waals surface area (Å²) in [4.78, 5) is 25.5. The maximum Gasteiger partial charge on any atom is 0.230 e. The second-order valence-electron chi connectivity index (χ2n) is 5.32. The molecule has 1 heterocycles. The molecule has 21 heavy (non-hydrogen) atoms. The van der Waals surface area contributed by atoms with Gasteiger partial charge in [0.2, 0.25) is 11.8 Å². The van der Waals surface area contributed by atoms with E-state index in [9.17, 15) is 9.59 Å². The standard InChI is InChI=1S/C14H13Cl3N2O2/c15-10-4-3-8(19-5-1-2-12(19)20)6-11(10)18-13(21)9-7-14(9,16)17/h3-4,6,9H,1-2,5,7H2,(H,18,21). The average molecular weight is 348 g/mol. The van der Waals surface area contributed by atoms with Crippen molar-refractivity contribution < 1.29 is 9.59 Å². The molecule has 1 saturated heterocycles. The second kappa shape index (κ2) is 5.34. The first-order valence-corrected chi connectivity index (χ1v) is 7.80. The molecule has 3 rings (SSSR count). The summed E-state index contributed by atoms with van der Waals surface area (Å²) in [6.07, 6.45) is 1.82. The van der Waals surface area contributed by atoms with Gasteiger partial charge in [0.15, 0.2) is 0 Å². The van der Waals surface area contributed by atoms with Gasteiger partial charge in [0.25, 0.3) is 0 Å². The molecule has 1 aromatic carbocycles. The summed E-state index contributed by atoms with van der Waals surface area (Å²) >= 11 is 17.9. The highest BCUT2D eigenvalue weighted by molar-refractivity contribution is 6.52. The molecule has 1 aliphatic heterocycles. The first kappa shape index (κ1) is 14.9. The number of carbonyl (C=O) groups is 2. The fourth-order valence-electron chi connectivity index (χ4n) is 2.42. The van der Waals surface area contributed by atoms with E-state index in [1.807, 2.05) is 0 Å². The Kier molecular flexibility index (Phi) is 3.80. The van der Waals surface area contributed by atoms with Gasteiger partial charge in [-0.05, 0) is 31.0 Å². The van der Waals surface area contributed by atoms with E-state index in [4.69, 9.17) is 34.8 Å². The number of halogens is 3. The third-order valence-corrected chi connectivity index (χ3v) is 4.90. The van der Waals surface area contributed by atoms with Crippen LogP contribution in [0, 0.1) is 5.92 Å². The van der Waals surface area contributed by atoms with Crippen molar-refractivity contribution in [3.8, 4) is 0 Å². The van der Waals surface area contributed by atoms with Gasteiger partial charge in [0.05, 0.1) is 16.6 Å². The van der Waals surface area contributed by atoms with E-state index < -0.39 is 10.3 Å². The summed E-state index contributed by atoms with van der Waals surface area (Å²) in [6, 6.07) is 5.14. The Morgan fingerprint density at radius 3 is 2.67 bits per heavy atom. The molecule has 0 aromatic heterocycles. The van der Waals surface area contributed by atoms with Crippen molar-refractivity contribution in [2.75, 3.05) is 16.8 Å². The van der Waals surface area contributed by atoms with Crippen LogP contribution in [0.3, 0.4) is 0 Å². The Hall–Kier alpha value is -0.970. The van der Waals surface area contributed by atoms with Crippen molar-refractivity contribution in [2.24, 2.45) is 5.92 Å². The number of alkyl halides is 2. The highest BCUT2D eigenvalue weighted by Gasteiger charge is 2.56. The van der Waals surface area contributed by atoms with E-state index in [0.29, 0.717) is 30.1 Å². The van der Waals surface area contributed by atoms with E-state index in [-0.39, 0.29) is 11.8 Å². The van der Waals surface area contributed by atoms with Gasteiger partial charge in [-0.1, -0.05) is 11.6 Å². The largest absolute Gasteiger partial charge is 0.324 e. The first-order chi connectivity index (χ1) is 9.88. The Balaban J connectivity index is 1.78. The molecule has 2 aliphatic rings. The number of hydrogen-bond acceptors (Lipinski definition) is 2. The summed E-state index contributed by atoms with van der Waals surface area (Å²) in [5, 5.41) is 3.14. The van der Waals surface area contributed by atoms with Crippen LogP contribution in [0.15, 0.2) is 18.2 Å². The summed E-state index contributed by atoms with van der Waals surface area (Å²) < 4.78 is -0.973. The fourth-order valence-corrected chi connectivity index (χ4v) is 3.09. The molecule has 1 atom stereocenters. The number of benzene rings is 1. The second-order valence-corrected chi connectivity index (χ2v) is 7.27. The Morgan fingerprint density at radius 1 is 1.38 bits per heavy atom. The van der Waals surface area contributed by atoms with E-state index in [0.717, 1.165) is 12.1 Å². The summed E-state index contributed by atoms with van der Waals surface area (Å²) in [5.74, 6) is -0.599. The van der Waals surface area contributed by atoms with Gasteiger partial charge in [-0.2, -0.15) is 0 Å². The SMILES string of the molecule is O=C(Nc1cc(N2CCCC2=O)ccc1Cl)C1CC1(Cl)Cl. The molecule has 4 nitrogen and oxygen atoms in total. The van der Waals surface area contributed by atoms with Gasteiger partial charge in [0, 0.05) is 18.7 Å². The fraction of sp³-hybridized carbons (Fsp3) is 0.429. The molecular formula is C14H13Cl3N2O2. The van der Waals surface area contributed by atoms with Crippen LogP contribution in [-0.4, -0.2) is 22.7 Å². The van der Waals surface area contributed by atoms with Crippen LogP contribution >= 0.6 is 34.8 Å². The van der Waals surface area contributed by atoms with Crippen LogP contribution in [0.5, 0.6) is 0 Å². The minimum atomic E-state index is -0.973. The number of anilines is 2. The van der Waals surface area contributed by atoms with Crippen LogP contribution in [0.25, 0.3) is 0 Å². The van der Waals surface area contributed by atoms with Gasteiger partial charge in [-0.3, -0.25) is 9.59 Å². The zero-order chi connectivity index (χ0) is 15.2. The number of amides is 2. The molecule has 1 unspecified atom stereocenters. The number of nitrogens with zero attached hydrogens (tertiary/aromatic N) is 1. The van der Waals surface area contributed by atoms with Crippen LogP contribution < -0.4 is 10.2 Å². The third-order valence-electron chi connectivity index (χ3n) is 3.74. The maximum absolute atomic E-state index is 12.0. The van der Waals surface area contributed by atoms with Gasteiger partial charge in [-0.25, -0.2) is 0 Å². The minimum absolute atomic E-state index is 0.0809.